The number of fused-ring (bicyclic) bond motifs is 1. The van der Waals surface area contributed by atoms with E-state index in [1.165, 1.54) is 13.2 Å². The highest BCUT2D eigenvalue weighted by molar-refractivity contribution is 6.06. The number of ether oxygens (including phenoxy) is 1. The minimum Gasteiger partial charge on any atom is -0.478 e. The number of hydrogen-bond donors (Lipinski definition) is 1. The van der Waals surface area contributed by atoms with Gasteiger partial charge in [0.05, 0.1) is 18.2 Å². The van der Waals surface area contributed by atoms with Crippen molar-refractivity contribution in [1.82, 2.24) is 4.98 Å². The first-order valence-corrected chi connectivity index (χ1v) is 5.26. The summed E-state index contributed by atoms with van der Waals surface area (Å²) in [6.07, 6.45) is 0. The Morgan fingerprint density at radius 3 is 2.67 bits per heavy atom. The van der Waals surface area contributed by atoms with E-state index >= 15 is 0 Å². The number of carboxylic acids is 1. The first kappa shape index (κ1) is 12.0. The average Bonchev–Trinajstić information content (AvgIpc) is 2.36. The van der Waals surface area contributed by atoms with Gasteiger partial charge in [0.25, 0.3) is 0 Å². The lowest BCUT2D eigenvalue weighted by Gasteiger charge is -2.07. The maximum Gasteiger partial charge on any atom is 0.356 e. The molecule has 0 aliphatic carbocycles. The summed E-state index contributed by atoms with van der Waals surface area (Å²) in [5, 5.41) is 9.75. The molecular formula is C13H11NO4. The van der Waals surface area contributed by atoms with E-state index in [0.29, 0.717) is 10.9 Å². The molecule has 0 radical (unpaired) electrons. The molecule has 0 atom stereocenters. The fourth-order valence-electron chi connectivity index (χ4n) is 1.84. The second kappa shape index (κ2) is 4.44. The molecule has 0 aliphatic rings. The molecule has 5 heteroatoms. The number of nitrogens with zero attached hydrogens (tertiary/aromatic N) is 1. The minimum absolute atomic E-state index is 0.00648. The van der Waals surface area contributed by atoms with Crippen molar-refractivity contribution in [3.63, 3.8) is 0 Å². The van der Waals surface area contributed by atoms with Gasteiger partial charge in [-0.25, -0.2) is 14.6 Å². The normalized spacial score (nSPS) is 10.3. The summed E-state index contributed by atoms with van der Waals surface area (Å²) in [7, 11) is 1.23. The lowest BCUT2D eigenvalue weighted by molar-refractivity contribution is 0.0594. The molecule has 0 fully saturated rings. The quantitative estimate of drug-likeness (QED) is 0.819. The van der Waals surface area contributed by atoms with Crippen molar-refractivity contribution in [2.75, 3.05) is 7.11 Å². The SMILES string of the molecule is COC(=O)c1cc(C(=O)O)c2c(C)cccc2n1. The van der Waals surface area contributed by atoms with Crippen LogP contribution in [0.25, 0.3) is 10.9 Å². The fourth-order valence-corrected chi connectivity index (χ4v) is 1.84. The predicted molar refractivity (Wildman–Crippen MR) is 64.8 cm³/mol. The maximum absolute atomic E-state index is 11.4. The lowest BCUT2D eigenvalue weighted by Crippen LogP contribution is -2.08. The number of hydrogen-bond acceptors (Lipinski definition) is 4. The number of aromatic carboxylic acids is 1. The number of aromatic nitrogens is 1. The van der Waals surface area contributed by atoms with Crippen LogP contribution in [-0.2, 0) is 4.74 Å². The number of aryl methyl sites for hydroxylation is 1. The molecule has 0 bridgehead atoms. The lowest BCUT2D eigenvalue weighted by atomic mass is 10.0. The van der Waals surface area contributed by atoms with E-state index in [1.54, 1.807) is 25.1 Å². The molecule has 1 aromatic carbocycles. The minimum atomic E-state index is -1.10. The van der Waals surface area contributed by atoms with E-state index in [9.17, 15) is 14.7 Å². The van der Waals surface area contributed by atoms with Gasteiger partial charge in [-0.05, 0) is 24.6 Å². The monoisotopic (exact) mass is 245 g/mol. The van der Waals surface area contributed by atoms with E-state index in [2.05, 4.69) is 9.72 Å². The van der Waals surface area contributed by atoms with Gasteiger partial charge in [0, 0.05) is 5.39 Å². The highest BCUT2D eigenvalue weighted by Crippen LogP contribution is 2.22. The number of carbonyl (C=O) groups is 2. The summed E-state index contributed by atoms with van der Waals surface area (Å²) >= 11 is 0. The van der Waals surface area contributed by atoms with Crippen LogP contribution in [-0.4, -0.2) is 29.1 Å². The van der Waals surface area contributed by atoms with Gasteiger partial charge in [-0.2, -0.15) is 0 Å². The highest BCUT2D eigenvalue weighted by atomic mass is 16.5. The summed E-state index contributed by atoms with van der Waals surface area (Å²) < 4.78 is 4.56. The summed E-state index contributed by atoms with van der Waals surface area (Å²) in [5.41, 5.74) is 1.32. The Bertz CT molecular complexity index is 649. The molecule has 18 heavy (non-hydrogen) atoms. The van der Waals surface area contributed by atoms with Crippen LogP contribution >= 0.6 is 0 Å². The van der Waals surface area contributed by atoms with E-state index in [4.69, 9.17) is 0 Å². The van der Waals surface area contributed by atoms with Crippen LogP contribution in [0, 0.1) is 6.92 Å². The van der Waals surface area contributed by atoms with E-state index in [-0.39, 0.29) is 11.3 Å². The van der Waals surface area contributed by atoms with Crippen LogP contribution in [0.3, 0.4) is 0 Å². The van der Waals surface area contributed by atoms with Crippen LogP contribution in [0.4, 0.5) is 0 Å². The number of esters is 1. The third kappa shape index (κ3) is 1.90. The molecule has 0 saturated carbocycles. The standard InChI is InChI=1S/C13H11NO4/c1-7-4-3-5-9-11(7)8(12(15)16)6-10(14-9)13(17)18-2/h3-6H,1-2H3,(H,15,16). The number of benzene rings is 1. The molecule has 92 valence electrons. The van der Waals surface area contributed by atoms with Crippen LogP contribution in [0.5, 0.6) is 0 Å². The van der Waals surface area contributed by atoms with Gasteiger partial charge in [0.1, 0.15) is 5.69 Å². The Morgan fingerprint density at radius 2 is 2.06 bits per heavy atom. The van der Waals surface area contributed by atoms with E-state index in [0.717, 1.165) is 5.56 Å². The highest BCUT2D eigenvalue weighted by Gasteiger charge is 2.17. The summed E-state index contributed by atoms with van der Waals surface area (Å²) in [6.45, 7) is 1.80. The molecule has 5 nitrogen and oxygen atoms in total. The fraction of sp³-hybridized carbons (Fsp3) is 0.154. The van der Waals surface area contributed by atoms with Gasteiger partial charge < -0.3 is 9.84 Å². The molecule has 0 aliphatic heterocycles. The molecule has 0 saturated heterocycles. The smallest absolute Gasteiger partial charge is 0.356 e. The Morgan fingerprint density at radius 1 is 1.33 bits per heavy atom. The molecule has 1 heterocycles. The number of methoxy groups -OCH3 is 1. The van der Waals surface area contributed by atoms with Crippen molar-refractivity contribution in [3.8, 4) is 0 Å². The van der Waals surface area contributed by atoms with Gasteiger partial charge in [-0.15, -0.1) is 0 Å². The van der Waals surface area contributed by atoms with Crippen LogP contribution in [0.1, 0.15) is 26.4 Å². The average molecular weight is 245 g/mol. The van der Waals surface area contributed by atoms with Gasteiger partial charge >= 0.3 is 11.9 Å². The zero-order valence-electron chi connectivity index (χ0n) is 9.93. The molecule has 2 aromatic rings. The van der Waals surface area contributed by atoms with Gasteiger partial charge in [-0.3, -0.25) is 0 Å². The summed E-state index contributed by atoms with van der Waals surface area (Å²) in [5.74, 6) is -1.75. The number of carboxylic acid groups (broad SMARTS) is 1. The second-order valence-corrected chi connectivity index (χ2v) is 3.82. The molecule has 1 aromatic heterocycles. The second-order valence-electron chi connectivity index (χ2n) is 3.82. The maximum atomic E-state index is 11.4. The third-order valence-corrected chi connectivity index (χ3v) is 2.67. The molecular weight excluding hydrogens is 234 g/mol. The zero-order valence-corrected chi connectivity index (χ0v) is 9.93. The number of carbonyl (C=O) groups excluding carboxylic acids is 1. The Labute approximate surface area is 103 Å². The van der Waals surface area contributed by atoms with Crippen LogP contribution < -0.4 is 0 Å². The number of rotatable bonds is 2. The Kier molecular flexibility index (Phi) is 2.97. The van der Waals surface area contributed by atoms with Crippen molar-refractivity contribution in [2.24, 2.45) is 0 Å². The number of pyridine rings is 1. The molecule has 2 rings (SSSR count). The first-order chi connectivity index (χ1) is 8.54. The topological polar surface area (TPSA) is 76.5 Å². The summed E-state index contributed by atoms with van der Waals surface area (Å²) in [4.78, 5) is 26.8. The van der Waals surface area contributed by atoms with Gasteiger partial charge in [0.2, 0.25) is 0 Å². The summed E-state index contributed by atoms with van der Waals surface area (Å²) in [6, 6.07) is 6.47. The van der Waals surface area contributed by atoms with E-state index in [1.807, 2.05) is 0 Å². The predicted octanol–water partition coefficient (Wildman–Crippen LogP) is 2.03. The van der Waals surface area contributed by atoms with Crippen molar-refractivity contribution in [3.05, 3.63) is 41.1 Å². The van der Waals surface area contributed by atoms with Gasteiger partial charge in [-0.1, -0.05) is 12.1 Å². The molecule has 0 spiro atoms. The Hall–Kier alpha value is -2.43. The van der Waals surface area contributed by atoms with Crippen molar-refractivity contribution >= 4 is 22.8 Å². The largest absolute Gasteiger partial charge is 0.478 e. The van der Waals surface area contributed by atoms with Crippen molar-refractivity contribution in [2.45, 2.75) is 6.92 Å². The van der Waals surface area contributed by atoms with Crippen molar-refractivity contribution in [1.29, 1.82) is 0 Å². The van der Waals surface area contributed by atoms with Gasteiger partial charge in [0.15, 0.2) is 0 Å². The third-order valence-electron chi connectivity index (χ3n) is 2.67. The van der Waals surface area contributed by atoms with Crippen LogP contribution in [0.2, 0.25) is 0 Å². The molecule has 1 N–H and O–H groups in total. The zero-order chi connectivity index (χ0) is 13.3. The first-order valence-electron chi connectivity index (χ1n) is 5.26. The molecule has 0 unspecified atom stereocenters. The molecule has 0 amide bonds. The Balaban J connectivity index is 2.83. The van der Waals surface area contributed by atoms with Crippen molar-refractivity contribution < 1.29 is 19.4 Å². The van der Waals surface area contributed by atoms with Crippen LogP contribution in [0.15, 0.2) is 24.3 Å². The van der Waals surface area contributed by atoms with E-state index < -0.39 is 11.9 Å².